The Morgan fingerprint density at radius 1 is 0.975 bits per heavy atom. The van der Waals surface area contributed by atoms with Gasteiger partial charge in [0.05, 0.1) is 6.04 Å². The van der Waals surface area contributed by atoms with Gasteiger partial charge in [0.2, 0.25) is 23.6 Å². The maximum absolute atomic E-state index is 13.6. The highest BCUT2D eigenvalue weighted by atomic mass is 32.2. The lowest BCUT2D eigenvalue weighted by Crippen LogP contribution is -2.58. The molecule has 13 heteroatoms. The summed E-state index contributed by atoms with van der Waals surface area (Å²) in [6.45, 7) is 3.73. The number of nitrogens with one attached hydrogen (secondary N) is 4. The van der Waals surface area contributed by atoms with Gasteiger partial charge in [0, 0.05) is 29.9 Å². The van der Waals surface area contributed by atoms with Crippen LogP contribution in [0.4, 0.5) is 0 Å². The number of fused-ring (bicyclic) bond motifs is 1. The number of primary amides is 1. The normalized spacial score (nSPS) is 14.9. The second kappa shape index (κ2) is 15.9. The molecule has 4 amide bonds. The summed E-state index contributed by atoms with van der Waals surface area (Å²) in [5, 5.41) is 18.1. The van der Waals surface area contributed by atoms with Gasteiger partial charge in [-0.05, 0) is 42.4 Å². The van der Waals surface area contributed by atoms with Gasteiger partial charge in [-0.3, -0.25) is 19.2 Å². The second-order valence-electron chi connectivity index (χ2n) is 9.78. The molecule has 0 aliphatic rings. The lowest BCUT2D eigenvalue weighted by Gasteiger charge is -2.26. The van der Waals surface area contributed by atoms with Gasteiger partial charge in [0.25, 0.3) is 0 Å². The summed E-state index contributed by atoms with van der Waals surface area (Å²) in [6.07, 6.45) is 4.10. The Hall–Kier alpha value is -3.58. The highest BCUT2D eigenvalue weighted by molar-refractivity contribution is 7.98. The maximum Gasteiger partial charge on any atom is 0.326 e. The van der Waals surface area contributed by atoms with Gasteiger partial charge in [-0.2, -0.15) is 11.8 Å². The molecule has 0 spiro atoms. The predicted octanol–water partition coefficient (Wildman–Crippen LogP) is 0.641. The lowest BCUT2D eigenvalue weighted by molar-refractivity contribution is -0.142. The molecule has 0 bridgehead atoms. The van der Waals surface area contributed by atoms with Crippen LogP contribution < -0.4 is 27.4 Å². The molecule has 0 aliphatic carbocycles. The zero-order valence-corrected chi connectivity index (χ0v) is 23.9. The second-order valence-corrected chi connectivity index (χ2v) is 10.8. The van der Waals surface area contributed by atoms with E-state index in [0.29, 0.717) is 12.2 Å². The van der Waals surface area contributed by atoms with E-state index in [1.807, 2.05) is 44.4 Å². The minimum atomic E-state index is -1.26. The molecule has 1 aromatic carbocycles. The van der Waals surface area contributed by atoms with Crippen LogP contribution in [-0.4, -0.2) is 75.9 Å². The number of thioether (sulfide) groups is 1. The molecule has 0 saturated heterocycles. The van der Waals surface area contributed by atoms with Crippen molar-refractivity contribution in [3.8, 4) is 0 Å². The number of carbonyl (C=O) groups is 5. The molecule has 9 N–H and O–H groups in total. The fourth-order valence-corrected chi connectivity index (χ4v) is 4.57. The monoisotopic (exact) mass is 576 g/mol. The fourth-order valence-electron chi connectivity index (χ4n) is 4.10. The van der Waals surface area contributed by atoms with Gasteiger partial charge in [-0.1, -0.05) is 38.5 Å². The molecule has 5 atom stereocenters. The molecule has 0 radical (unpaired) electrons. The minimum absolute atomic E-state index is 0.0877. The molecule has 0 aliphatic heterocycles. The summed E-state index contributed by atoms with van der Waals surface area (Å²) in [7, 11) is 0. The standard InChI is InChI=1S/C27H40N6O6S/c1-4-15(2)23(29)26(37)33-21(13-16-14-30-18-8-6-5-7-17(16)18)25(36)31-19(9-10-22(28)34)24(35)32-20(27(38)39)11-12-40-3/h5-8,14-15,19-21,23,30H,4,9-13,29H2,1-3H3,(H2,28,34)(H,31,36)(H,32,35)(H,33,37)(H,38,39). The Morgan fingerprint density at radius 2 is 1.60 bits per heavy atom. The van der Waals surface area contributed by atoms with Crippen molar-refractivity contribution in [2.75, 3.05) is 12.0 Å². The molecule has 1 heterocycles. The number of benzene rings is 1. The van der Waals surface area contributed by atoms with Crippen molar-refractivity contribution in [2.24, 2.45) is 17.4 Å². The zero-order chi connectivity index (χ0) is 29.8. The molecule has 0 saturated carbocycles. The lowest BCUT2D eigenvalue weighted by atomic mass is 9.98. The van der Waals surface area contributed by atoms with Crippen molar-refractivity contribution in [1.82, 2.24) is 20.9 Å². The molecule has 40 heavy (non-hydrogen) atoms. The number of aromatic amines is 1. The van der Waals surface area contributed by atoms with Crippen LogP contribution in [0.5, 0.6) is 0 Å². The van der Waals surface area contributed by atoms with Crippen LogP contribution in [0, 0.1) is 5.92 Å². The number of hydrogen-bond acceptors (Lipinski definition) is 7. The SMILES string of the molecule is CCC(C)C(N)C(=O)NC(Cc1c[nH]c2ccccc12)C(=O)NC(CCC(N)=O)C(=O)NC(CCSC)C(=O)O. The third-order valence-corrected chi connectivity index (χ3v) is 7.47. The number of H-pyrrole nitrogens is 1. The number of amides is 4. The van der Waals surface area contributed by atoms with Crippen molar-refractivity contribution in [3.05, 3.63) is 36.0 Å². The first-order valence-electron chi connectivity index (χ1n) is 13.2. The van der Waals surface area contributed by atoms with Crippen LogP contribution in [0.3, 0.4) is 0 Å². The highest BCUT2D eigenvalue weighted by Crippen LogP contribution is 2.19. The van der Waals surface area contributed by atoms with Crippen molar-refractivity contribution < 1.29 is 29.1 Å². The number of nitrogens with two attached hydrogens (primary N) is 2. The first kappa shape index (κ1) is 32.6. The minimum Gasteiger partial charge on any atom is -0.480 e. The van der Waals surface area contributed by atoms with Crippen molar-refractivity contribution >= 4 is 52.3 Å². The topological polar surface area (TPSA) is 209 Å². The number of aromatic nitrogens is 1. The summed E-state index contributed by atoms with van der Waals surface area (Å²) >= 11 is 1.43. The van der Waals surface area contributed by atoms with Crippen LogP contribution >= 0.6 is 11.8 Å². The van der Waals surface area contributed by atoms with Crippen LogP contribution in [0.1, 0.15) is 45.1 Å². The highest BCUT2D eigenvalue weighted by Gasteiger charge is 2.31. The van der Waals surface area contributed by atoms with E-state index in [-0.39, 0.29) is 31.6 Å². The molecule has 2 rings (SSSR count). The third kappa shape index (κ3) is 9.56. The Balaban J connectivity index is 2.32. The van der Waals surface area contributed by atoms with E-state index in [4.69, 9.17) is 11.5 Å². The van der Waals surface area contributed by atoms with E-state index in [2.05, 4.69) is 20.9 Å². The van der Waals surface area contributed by atoms with Crippen molar-refractivity contribution in [3.63, 3.8) is 0 Å². The Kier molecular flexibility index (Phi) is 12.9. The average molecular weight is 577 g/mol. The molecule has 1 aromatic heterocycles. The third-order valence-electron chi connectivity index (χ3n) is 6.83. The first-order chi connectivity index (χ1) is 19.0. The summed E-state index contributed by atoms with van der Waals surface area (Å²) in [5.41, 5.74) is 13.0. The summed E-state index contributed by atoms with van der Waals surface area (Å²) in [6, 6.07) is 3.07. The number of carbonyl (C=O) groups excluding carboxylic acids is 4. The molecular weight excluding hydrogens is 536 g/mol. The van der Waals surface area contributed by atoms with Gasteiger partial charge < -0.3 is 37.5 Å². The number of rotatable bonds is 17. The maximum atomic E-state index is 13.6. The zero-order valence-electron chi connectivity index (χ0n) is 23.1. The quantitative estimate of drug-likeness (QED) is 0.142. The van der Waals surface area contributed by atoms with E-state index < -0.39 is 53.8 Å². The van der Waals surface area contributed by atoms with Crippen LogP contribution in [-0.2, 0) is 30.4 Å². The van der Waals surface area contributed by atoms with Crippen molar-refractivity contribution in [2.45, 2.75) is 70.1 Å². The Bertz CT molecular complexity index is 1190. The largest absolute Gasteiger partial charge is 0.480 e. The van der Waals surface area contributed by atoms with E-state index in [1.54, 1.807) is 6.20 Å². The van der Waals surface area contributed by atoms with Gasteiger partial charge >= 0.3 is 5.97 Å². The van der Waals surface area contributed by atoms with E-state index in [0.717, 1.165) is 16.5 Å². The Labute approximate surface area is 237 Å². The number of para-hydroxylation sites is 1. The predicted molar refractivity (Wildman–Crippen MR) is 154 cm³/mol. The van der Waals surface area contributed by atoms with Crippen molar-refractivity contribution in [1.29, 1.82) is 0 Å². The molecular formula is C27H40N6O6S. The molecule has 0 fully saturated rings. The first-order valence-corrected chi connectivity index (χ1v) is 14.6. The summed E-state index contributed by atoms with van der Waals surface area (Å²) in [5.74, 6) is -3.52. The summed E-state index contributed by atoms with van der Waals surface area (Å²) < 4.78 is 0. The number of aliphatic carboxylic acids is 1. The molecule has 5 unspecified atom stereocenters. The van der Waals surface area contributed by atoms with Crippen LogP contribution in [0.2, 0.25) is 0 Å². The van der Waals surface area contributed by atoms with Gasteiger partial charge in [0.15, 0.2) is 0 Å². The number of carboxylic acids is 1. The van der Waals surface area contributed by atoms with Gasteiger partial charge in [-0.25, -0.2) is 4.79 Å². The van der Waals surface area contributed by atoms with E-state index in [1.165, 1.54) is 11.8 Å². The summed E-state index contributed by atoms with van der Waals surface area (Å²) in [4.78, 5) is 65.9. The van der Waals surface area contributed by atoms with Crippen LogP contribution in [0.15, 0.2) is 30.5 Å². The van der Waals surface area contributed by atoms with Gasteiger partial charge in [0.1, 0.15) is 18.1 Å². The smallest absolute Gasteiger partial charge is 0.326 e. The van der Waals surface area contributed by atoms with E-state index >= 15 is 0 Å². The molecule has 12 nitrogen and oxygen atoms in total. The average Bonchev–Trinajstić information content (AvgIpc) is 3.33. The number of carboxylic acid groups (broad SMARTS) is 1. The Morgan fingerprint density at radius 3 is 2.23 bits per heavy atom. The van der Waals surface area contributed by atoms with Gasteiger partial charge in [-0.15, -0.1) is 0 Å². The fraction of sp³-hybridized carbons (Fsp3) is 0.519. The van der Waals surface area contributed by atoms with Crippen LogP contribution in [0.25, 0.3) is 10.9 Å². The molecule has 220 valence electrons. The molecule has 2 aromatic rings. The number of hydrogen-bond donors (Lipinski definition) is 7. The van der Waals surface area contributed by atoms with E-state index in [9.17, 15) is 29.1 Å².